The molecule has 0 radical (unpaired) electrons. The summed E-state index contributed by atoms with van der Waals surface area (Å²) in [6.07, 6.45) is -0.899. The molecule has 0 saturated carbocycles. The van der Waals surface area contributed by atoms with Crippen molar-refractivity contribution < 1.29 is 23.6 Å². The minimum Gasteiger partial charge on any atom is -0.489 e. The second-order valence-corrected chi connectivity index (χ2v) is 7.41. The van der Waals surface area contributed by atoms with Gasteiger partial charge in [0, 0.05) is 5.54 Å². The van der Waals surface area contributed by atoms with E-state index in [2.05, 4.69) is 10.5 Å². The van der Waals surface area contributed by atoms with E-state index in [9.17, 15) is 9.59 Å². The number of carbonyl (C=O) groups excluding carboxylic acids is 2. The van der Waals surface area contributed by atoms with Gasteiger partial charge in [0.25, 0.3) is 5.91 Å². The van der Waals surface area contributed by atoms with E-state index in [0.29, 0.717) is 17.1 Å². The lowest BCUT2D eigenvalue weighted by atomic mass is 10.1. The van der Waals surface area contributed by atoms with Gasteiger partial charge in [-0.1, -0.05) is 11.2 Å². The summed E-state index contributed by atoms with van der Waals surface area (Å²) in [6.45, 7) is 11.1. The first-order valence-corrected chi connectivity index (χ1v) is 8.74. The van der Waals surface area contributed by atoms with E-state index in [-0.39, 0.29) is 12.5 Å². The number of aryl methyl sites for hydroxylation is 2. The van der Waals surface area contributed by atoms with Crippen molar-refractivity contribution in [3.63, 3.8) is 0 Å². The second-order valence-electron chi connectivity index (χ2n) is 7.41. The van der Waals surface area contributed by atoms with E-state index in [0.717, 1.165) is 11.3 Å². The zero-order valence-corrected chi connectivity index (χ0v) is 16.6. The topological polar surface area (TPSA) is 90.7 Å². The third kappa shape index (κ3) is 5.84. The van der Waals surface area contributed by atoms with Gasteiger partial charge in [0.1, 0.15) is 18.1 Å². The van der Waals surface area contributed by atoms with Gasteiger partial charge in [0.05, 0.1) is 16.8 Å². The molecule has 7 nitrogen and oxygen atoms in total. The monoisotopic (exact) mass is 374 g/mol. The van der Waals surface area contributed by atoms with Gasteiger partial charge in [-0.2, -0.15) is 0 Å². The van der Waals surface area contributed by atoms with Crippen LogP contribution in [0.2, 0.25) is 0 Å². The normalized spacial score (nSPS) is 12.4. The Bertz CT molecular complexity index is 801. The molecule has 1 aromatic heterocycles. The van der Waals surface area contributed by atoms with E-state index in [1.165, 1.54) is 6.92 Å². The average Bonchev–Trinajstić information content (AvgIpc) is 2.90. The summed E-state index contributed by atoms with van der Waals surface area (Å²) in [5.74, 6) is 0.272. The lowest BCUT2D eigenvalue weighted by Crippen LogP contribution is -2.46. The van der Waals surface area contributed by atoms with Crippen molar-refractivity contribution in [1.82, 2.24) is 10.5 Å². The van der Waals surface area contributed by atoms with Crippen LogP contribution in [0.25, 0.3) is 0 Å². The van der Waals surface area contributed by atoms with Crippen LogP contribution in [-0.4, -0.2) is 28.7 Å². The molecular formula is C20H26N2O5. The molecule has 1 N–H and O–H groups in total. The molecule has 1 amide bonds. The molecule has 0 bridgehead atoms. The number of ether oxygens (including phenoxy) is 2. The molecule has 7 heteroatoms. The summed E-state index contributed by atoms with van der Waals surface area (Å²) in [5.41, 5.74) is 1.54. The standard InChI is InChI=1S/C20H26N2O5/c1-12-17(13(2)27-22-12)11-25-16-9-7-8-15(10-16)19(24)26-14(3)18(23)21-20(4,5)6/h7-10,14H,11H2,1-6H3,(H,21,23)/t14-/m0/s1. The number of nitrogens with one attached hydrogen (secondary N) is 1. The van der Waals surface area contributed by atoms with Gasteiger partial charge in [-0.05, 0) is 59.7 Å². The lowest BCUT2D eigenvalue weighted by molar-refractivity contribution is -0.130. The van der Waals surface area contributed by atoms with Crippen LogP contribution >= 0.6 is 0 Å². The van der Waals surface area contributed by atoms with Gasteiger partial charge in [-0.25, -0.2) is 4.79 Å². The Morgan fingerprint density at radius 2 is 1.96 bits per heavy atom. The zero-order valence-electron chi connectivity index (χ0n) is 16.6. The largest absolute Gasteiger partial charge is 0.489 e. The number of aromatic nitrogens is 1. The quantitative estimate of drug-likeness (QED) is 0.780. The molecule has 0 saturated heterocycles. The van der Waals surface area contributed by atoms with Crippen molar-refractivity contribution in [2.24, 2.45) is 0 Å². The van der Waals surface area contributed by atoms with E-state index in [4.69, 9.17) is 14.0 Å². The van der Waals surface area contributed by atoms with Gasteiger partial charge in [0.15, 0.2) is 6.10 Å². The highest BCUT2D eigenvalue weighted by Crippen LogP contribution is 2.19. The molecule has 1 atom stereocenters. The Balaban J connectivity index is 1.99. The lowest BCUT2D eigenvalue weighted by Gasteiger charge is -2.23. The number of hydrogen-bond donors (Lipinski definition) is 1. The fourth-order valence-corrected chi connectivity index (χ4v) is 2.33. The van der Waals surface area contributed by atoms with E-state index in [1.807, 2.05) is 34.6 Å². The number of esters is 1. The maximum atomic E-state index is 12.3. The van der Waals surface area contributed by atoms with Crippen LogP contribution in [0.3, 0.4) is 0 Å². The van der Waals surface area contributed by atoms with Crippen molar-refractivity contribution in [3.05, 3.63) is 46.8 Å². The first-order valence-electron chi connectivity index (χ1n) is 8.74. The summed E-state index contributed by atoms with van der Waals surface area (Å²) in [5, 5.41) is 6.66. The predicted molar refractivity (Wildman–Crippen MR) is 99.5 cm³/mol. The van der Waals surface area contributed by atoms with Crippen LogP contribution in [-0.2, 0) is 16.1 Å². The van der Waals surface area contributed by atoms with E-state index >= 15 is 0 Å². The minimum atomic E-state index is -0.899. The molecule has 146 valence electrons. The van der Waals surface area contributed by atoms with Gasteiger partial charge < -0.3 is 19.3 Å². The Hall–Kier alpha value is -2.83. The highest BCUT2D eigenvalue weighted by molar-refractivity contribution is 5.92. The minimum absolute atomic E-state index is 0.282. The van der Waals surface area contributed by atoms with Crippen molar-refractivity contribution in [1.29, 1.82) is 0 Å². The Morgan fingerprint density at radius 1 is 1.26 bits per heavy atom. The van der Waals surface area contributed by atoms with Crippen molar-refractivity contribution in [3.8, 4) is 5.75 Å². The van der Waals surface area contributed by atoms with Crippen molar-refractivity contribution in [2.45, 2.75) is 59.8 Å². The van der Waals surface area contributed by atoms with Crippen LogP contribution in [0.4, 0.5) is 0 Å². The van der Waals surface area contributed by atoms with Gasteiger partial charge in [-0.15, -0.1) is 0 Å². The molecule has 2 rings (SSSR count). The summed E-state index contributed by atoms with van der Waals surface area (Å²) in [7, 11) is 0. The number of nitrogens with zero attached hydrogens (tertiary/aromatic N) is 1. The van der Waals surface area contributed by atoms with Crippen LogP contribution in [0.15, 0.2) is 28.8 Å². The van der Waals surface area contributed by atoms with Gasteiger partial charge >= 0.3 is 5.97 Å². The number of amides is 1. The fraction of sp³-hybridized carbons (Fsp3) is 0.450. The van der Waals surface area contributed by atoms with Crippen molar-refractivity contribution in [2.75, 3.05) is 0 Å². The molecule has 1 aromatic carbocycles. The van der Waals surface area contributed by atoms with Crippen molar-refractivity contribution >= 4 is 11.9 Å². The molecule has 0 aliphatic rings. The highest BCUT2D eigenvalue weighted by atomic mass is 16.5. The summed E-state index contributed by atoms with van der Waals surface area (Å²) in [4.78, 5) is 24.4. The van der Waals surface area contributed by atoms with Crippen LogP contribution < -0.4 is 10.1 Å². The van der Waals surface area contributed by atoms with Gasteiger partial charge in [0.2, 0.25) is 0 Å². The molecule has 1 heterocycles. The van der Waals surface area contributed by atoms with Crippen LogP contribution in [0.1, 0.15) is 55.1 Å². The van der Waals surface area contributed by atoms with Crippen LogP contribution in [0, 0.1) is 13.8 Å². The number of carbonyl (C=O) groups is 2. The SMILES string of the molecule is Cc1noc(C)c1COc1cccc(C(=O)O[C@@H](C)C(=O)NC(C)(C)C)c1. The van der Waals surface area contributed by atoms with E-state index in [1.54, 1.807) is 24.3 Å². The summed E-state index contributed by atoms with van der Waals surface area (Å²) in [6, 6.07) is 6.62. The first kappa shape index (κ1) is 20.5. The number of benzene rings is 1. The van der Waals surface area contributed by atoms with E-state index < -0.39 is 17.6 Å². The number of rotatable bonds is 6. The average molecular weight is 374 g/mol. The molecule has 0 aliphatic carbocycles. The second kappa shape index (κ2) is 8.24. The smallest absolute Gasteiger partial charge is 0.339 e. The molecule has 0 aliphatic heterocycles. The van der Waals surface area contributed by atoms with Crippen LogP contribution in [0.5, 0.6) is 5.75 Å². The zero-order chi connectivity index (χ0) is 20.2. The molecule has 0 unspecified atom stereocenters. The Kier molecular flexibility index (Phi) is 6.25. The molecular weight excluding hydrogens is 348 g/mol. The molecule has 27 heavy (non-hydrogen) atoms. The molecule has 2 aromatic rings. The first-order chi connectivity index (χ1) is 12.6. The molecule has 0 fully saturated rings. The Labute approximate surface area is 159 Å². The summed E-state index contributed by atoms with van der Waals surface area (Å²) < 4.78 is 16.1. The summed E-state index contributed by atoms with van der Waals surface area (Å²) >= 11 is 0. The van der Waals surface area contributed by atoms with Gasteiger partial charge in [-0.3, -0.25) is 4.79 Å². The predicted octanol–water partition coefficient (Wildman–Crippen LogP) is 3.33. The molecule has 0 spiro atoms. The third-order valence-electron chi connectivity index (χ3n) is 3.79. The Morgan fingerprint density at radius 3 is 2.56 bits per heavy atom. The fourth-order valence-electron chi connectivity index (χ4n) is 2.33. The number of hydrogen-bond acceptors (Lipinski definition) is 6. The highest BCUT2D eigenvalue weighted by Gasteiger charge is 2.23. The maximum Gasteiger partial charge on any atom is 0.339 e. The maximum absolute atomic E-state index is 12.3. The third-order valence-corrected chi connectivity index (χ3v) is 3.79.